The number of aromatic nitrogens is 4. The van der Waals surface area contributed by atoms with Crippen molar-refractivity contribution in [3.8, 4) is 0 Å². The van der Waals surface area contributed by atoms with Crippen LogP contribution in [0, 0.1) is 0 Å². The molecule has 12 heteroatoms. The predicted octanol–water partition coefficient (Wildman–Crippen LogP) is 1.78. The second-order valence-corrected chi connectivity index (χ2v) is 6.05. The van der Waals surface area contributed by atoms with Crippen LogP contribution in [0.25, 0.3) is 0 Å². The van der Waals surface area contributed by atoms with Crippen LogP contribution in [0.4, 0.5) is 19.1 Å². The number of rotatable bonds is 3. The second-order valence-electron chi connectivity index (χ2n) is 3.48. The lowest BCUT2D eigenvalue weighted by molar-refractivity contribution is -0.139. The van der Waals surface area contributed by atoms with E-state index in [0.29, 0.717) is 6.07 Å². The summed E-state index contributed by atoms with van der Waals surface area (Å²) < 4.78 is 64.4. The molecule has 2 N–H and O–H groups in total. The minimum atomic E-state index is -4.83. The molecular weight excluding hydrogens is 367 g/mol. The van der Waals surface area contributed by atoms with Gasteiger partial charge in [0.15, 0.2) is 0 Å². The van der Waals surface area contributed by atoms with Gasteiger partial charge >= 0.3 is 6.18 Å². The molecule has 0 unspecified atom stereocenters. The van der Waals surface area contributed by atoms with E-state index in [1.807, 2.05) is 5.21 Å². The van der Waals surface area contributed by atoms with E-state index >= 15 is 0 Å². The molecule has 0 aliphatic heterocycles. The monoisotopic (exact) mass is 371 g/mol. The van der Waals surface area contributed by atoms with E-state index in [0.717, 1.165) is 6.07 Å². The highest BCUT2D eigenvalue weighted by atomic mass is 79.9. The number of halogens is 4. The zero-order valence-electron chi connectivity index (χ0n) is 9.31. The summed E-state index contributed by atoms with van der Waals surface area (Å²) >= 11 is 2.86. The van der Waals surface area contributed by atoms with Gasteiger partial charge in [0.25, 0.3) is 16.0 Å². The van der Waals surface area contributed by atoms with Crippen molar-refractivity contribution in [3.05, 3.63) is 28.2 Å². The molecule has 0 saturated heterocycles. The van der Waals surface area contributed by atoms with Crippen molar-refractivity contribution < 1.29 is 21.6 Å². The van der Waals surface area contributed by atoms with Gasteiger partial charge in [-0.15, -0.1) is 5.10 Å². The van der Waals surface area contributed by atoms with Gasteiger partial charge in [0, 0.05) is 4.47 Å². The summed E-state index contributed by atoms with van der Waals surface area (Å²) in [7, 11) is -4.49. The minimum absolute atomic E-state index is 0.100. The second kappa shape index (κ2) is 5.01. The number of hydrogen-bond donors (Lipinski definition) is 2. The Morgan fingerprint density at radius 1 is 1.30 bits per heavy atom. The average molecular weight is 372 g/mol. The molecule has 2 aromatic rings. The Morgan fingerprint density at radius 2 is 2.00 bits per heavy atom. The fourth-order valence-electron chi connectivity index (χ4n) is 1.34. The van der Waals surface area contributed by atoms with Gasteiger partial charge in [-0.2, -0.15) is 18.4 Å². The molecular formula is C8H5BrF3N5O2S. The van der Waals surface area contributed by atoms with E-state index in [9.17, 15) is 21.6 Å². The summed E-state index contributed by atoms with van der Waals surface area (Å²) in [6, 6.07) is 2.68. The van der Waals surface area contributed by atoms with Crippen LogP contribution in [0.3, 0.4) is 0 Å². The van der Waals surface area contributed by atoms with Crippen molar-refractivity contribution >= 4 is 31.9 Å². The van der Waals surface area contributed by atoms with Crippen LogP contribution in [-0.2, 0) is 16.2 Å². The van der Waals surface area contributed by atoms with Crippen molar-refractivity contribution in [2.45, 2.75) is 11.1 Å². The first-order valence-electron chi connectivity index (χ1n) is 4.83. The number of tetrazole rings is 1. The van der Waals surface area contributed by atoms with Crippen LogP contribution in [0.2, 0.25) is 0 Å². The van der Waals surface area contributed by atoms with Gasteiger partial charge in [0.2, 0.25) is 0 Å². The standard InChI is InChI=1S/C8H5BrF3N5O2S/c9-4-1-2-6(5(3-4)8(10,11)12)20(18,19)15-7-13-16-17-14-7/h1-3H,(H2,13,14,15,16,17). The third-order valence-corrected chi connectivity index (χ3v) is 3.99. The van der Waals surface area contributed by atoms with Crippen LogP contribution in [-0.4, -0.2) is 29.0 Å². The topological polar surface area (TPSA) is 101 Å². The highest BCUT2D eigenvalue weighted by molar-refractivity contribution is 9.10. The molecule has 2 rings (SSSR count). The number of alkyl halides is 3. The van der Waals surface area contributed by atoms with Gasteiger partial charge in [0.05, 0.1) is 10.5 Å². The Morgan fingerprint density at radius 3 is 2.55 bits per heavy atom. The Labute approximate surface area is 118 Å². The molecule has 1 aromatic heterocycles. The van der Waals surface area contributed by atoms with Crippen molar-refractivity contribution in [1.29, 1.82) is 0 Å². The molecule has 0 aliphatic carbocycles. The lowest BCUT2D eigenvalue weighted by Crippen LogP contribution is -2.19. The lowest BCUT2D eigenvalue weighted by atomic mass is 10.2. The summed E-state index contributed by atoms with van der Waals surface area (Å²) in [5.41, 5.74) is -1.30. The molecule has 1 heterocycles. The number of aromatic amines is 1. The zero-order valence-corrected chi connectivity index (χ0v) is 11.7. The van der Waals surface area contributed by atoms with Crippen molar-refractivity contribution in [2.75, 3.05) is 4.72 Å². The quantitative estimate of drug-likeness (QED) is 0.856. The number of H-pyrrole nitrogens is 1. The van der Waals surface area contributed by atoms with Crippen molar-refractivity contribution in [1.82, 2.24) is 20.6 Å². The summed E-state index contributed by atoms with van der Waals surface area (Å²) in [6.07, 6.45) is -4.83. The highest BCUT2D eigenvalue weighted by Gasteiger charge is 2.37. The first-order chi connectivity index (χ1) is 9.20. The maximum atomic E-state index is 12.9. The van der Waals surface area contributed by atoms with Crippen LogP contribution in [0.5, 0.6) is 0 Å². The van der Waals surface area contributed by atoms with E-state index in [2.05, 4.69) is 31.3 Å². The van der Waals surface area contributed by atoms with E-state index in [-0.39, 0.29) is 4.47 Å². The Balaban J connectivity index is 2.52. The number of hydrogen-bond acceptors (Lipinski definition) is 5. The molecule has 0 bridgehead atoms. The first-order valence-corrected chi connectivity index (χ1v) is 7.11. The Kier molecular flexibility index (Phi) is 3.69. The fourth-order valence-corrected chi connectivity index (χ4v) is 2.85. The summed E-state index contributed by atoms with van der Waals surface area (Å²) in [5, 5.41) is 11.7. The zero-order chi connectivity index (χ0) is 15.0. The maximum absolute atomic E-state index is 12.9. The van der Waals surface area contributed by atoms with E-state index in [1.54, 1.807) is 4.72 Å². The molecule has 0 spiro atoms. The number of anilines is 1. The molecule has 7 nitrogen and oxygen atoms in total. The fraction of sp³-hybridized carbons (Fsp3) is 0.125. The maximum Gasteiger partial charge on any atom is 0.417 e. The SMILES string of the molecule is O=S(=O)(Nc1nn[nH]n1)c1ccc(Br)cc1C(F)(F)F. The van der Waals surface area contributed by atoms with Crippen LogP contribution >= 0.6 is 15.9 Å². The summed E-state index contributed by atoms with van der Waals surface area (Å²) in [6.45, 7) is 0. The molecule has 0 fully saturated rings. The lowest BCUT2D eigenvalue weighted by Gasteiger charge is -2.13. The normalized spacial score (nSPS) is 12.4. The van der Waals surface area contributed by atoms with Crippen molar-refractivity contribution in [3.63, 3.8) is 0 Å². The van der Waals surface area contributed by atoms with Gasteiger partial charge in [-0.05, 0) is 23.4 Å². The van der Waals surface area contributed by atoms with Crippen molar-refractivity contribution in [2.24, 2.45) is 0 Å². The van der Waals surface area contributed by atoms with E-state index in [4.69, 9.17) is 0 Å². The molecule has 1 aromatic carbocycles. The molecule has 0 atom stereocenters. The number of nitrogens with one attached hydrogen (secondary N) is 2. The molecule has 108 valence electrons. The van der Waals surface area contributed by atoms with Gasteiger partial charge < -0.3 is 0 Å². The Bertz CT molecular complexity index is 716. The average Bonchev–Trinajstić information content (AvgIpc) is 2.79. The van der Waals surface area contributed by atoms with Gasteiger partial charge in [-0.25, -0.2) is 13.1 Å². The molecule has 0 amide bonds. The number of sulfonamides is 1. The molecule has 0 radical (unpaired) electrons. The van der Waals surface area contributed by atoms with Crippen LogP contribution in [0.15, 0.2) is 27.6 Å². The van der Waals surface area contributed by atoms with Crippen LogP contribution < -0.4 is 4.72 Å². The molecule has 20 heavy (non-hydrogen) atoms. The minimum Gasteiger partial charge on any atom is -0.245 e. The van der Waals surface area contributed by atoms with Gasteiger partial charge in [-0.3, -0.25) is 0 Å². The van der Waals surface area contributed by atoms with E-state index in [1.165, 1.54) is 6.07 Å². The highest BCUT2D eigenvalue weighted by Crippen LogP contribution is 2.36. The van der Waals surface area contributed by atoms with Gasteiger partial charge in [-0.1, -0.05) is 21.0 Å². The third-order valence-electron chi connectivity index (χ3n) is 2.11. The largest absolute Gasteiger partial charge is 0.417 e. The third kappa shape index (κ3) is 3.07. The van der Waals surface area contributed by atoms with E-state index < -0.39 is 32.6 Å². The Hall–Kier alpha value is -1.69. The van der Waals surface area contributed by atoms with Crippen LogP contribution in [0.1, 0.15) is 5.56 Å². The molecule has 0 aliphatic rings. The smallest absolute Gasteiger partial charge is 0.245 e. The van der Waals surface area contributed by atoms with Gasteiger partial charge in [0.1, 0.15) is 0 Å². The summed E-state index contributed by atoms with van der Waals surface area (Å²) in [5.74, 6) is -0.457. The predicted molar refractivity (Wildman–Crippen MR) is 64.1 cm³/mol. The number of nitrogens with zero attached hydrogens (tertiary/aromatic N) is 3. The number of benzene rings is 1. The molecule has 0 saturated carbocycles. The summed E-state index contributed by atoms with van der Waals surface area (Å²) in [4.78, 5) is -0.932. The first kappa shape index (κ1) is 14.7.